The van der Waals surface area contributed by atoms with E-state index in [4.69, 9.17) is 5.26 Å². The molecular weight excluding hydrogens is 392 g/mol. The lowest BCUT2D eigenvalue weighted by Gasteiger charge is -2.37. The minimum Gasteiger partial charge on any atom is -0.336 e. The van der Waals surface area contributed by atoms with Crippen molar-refractivity contribution >= 4 is 5.91 Å². The molecule has 0 bridgehead atoms. The van der Waals surface area contributed by atoms with Gasteiger partial charge >= 0.3 is 0 Å². The van der Waals surface area contributed by atoms with Crippen LogP contribution in [0.2, 0.25) is 0 Å². The van der Waals surface area contributed by atoms with Crippen LogP contribution >= 0.6 is 0 Å². The summed E-state index contributed by atoms with van der Waals surface area (Å²) in [5.41, 5.74) is 2.91. The summed E-state index contributed by atoms with van der Waals surface area (Å²) in [5.74, 6) is 0.359. The quantitative estimate of drug-likeness (QED) is 0.706. The van der Waals surface area contributed by atoms with Gasteiger partial charge in [-0.1, -0.05) is 6.07 Å². The van der Waals surface area contributed by atoms with Gasteiger partial charge in [-0.3, -0.25) is 14.7 Å². The number of likely N-dealkylation sites (N-methyl/N-ethyl adjacent to an activating group) is 1. The predicted octanol–water partition coefficient (Wildman–Crippen LogP) is 2.18. The Bertz CT molecular complexity index is 1220. The summed E-state index contributed by atoms with van der Waals surface area (Å²) in [5, 5.41) is 12.0. The SMILES string of the molecule is Cc1cc(C#N)ccc1-c1c[nH]n(-c2ccc(C(=O)N3CCN(C)[C@H](C)C3)cn2)c1=O. The molecule has 0 aliphatic carbocycles. The fourth-order valence-corrected chi connectivity index (χ4v) is 3.83. The Morgan fingerprint density at radius 3 is 2.68 bits per heavy atom. The van der Waals surface area contributed by atoms with Gasteiger partial charge in [-0.05, 0) is 56.3 Å². The molecule has 3 heterocycles. The van der Waals surface area contributed by atoms with Gasteiger partial charge in [0.25, 0.3) is 11.5 Å². The number of nitriles is 1. The van der Waals surface area contributed by atoms with E-state index < -0.39 is 0 Å². The molecular formula is C23H24N6O2. The van der Waals surface area contributed by atoms with Gasteiger partial charge in [0.15, 0.2) is 5.82 Å². The van der Waals surface area contributed by atoms with E-state index in [1.54, 1.807) is 36.5 Å². The summed E-state index contributed by atoms with van der Waals surface area (Å²) in [6, 6.07) is 11.0. The molecule has 1 saturated heterocycles. The molecule has 1 atom stereocenters. The van der Waals surface area contributed by atoms with Crippen molar-refractivity contribution in [1.29, 1.82) is 5.26 Å². The highest BCUT2D eigenvalue weighted by Crippen LogP contribution is 2.21. The fraction of sp³-hybridized carbons (Fsp3) is 0.304. The third-order valence-electron chi connectivity index (χ3n) is 5.89. The summed E-state index contributed by atoms with van der Waals surface area (Å²) < 4.78 is 1.35. The zero-order valence-corrected chi connectivity index (χ0v) is 17.8. The highest BCUT2D eigenvalue weighted by Gasteiger charge is 2.25. The molecule has 8 heteroatoms. The average molecular weight is 416 g/mol. The number of aromatic amines is 1. The number of carbonyl (C=O) groups is 1. The van der Waals surface area contributed by atoms with E-state index in [1.807, 2.05) is 11.8 Å². The van der Waals surface area contributed by atoms with Crippen LogP contribution < -0.4 is 5.56 Å². The molecule has 0 unspecified atom stereocenters. The van der Waals surface area contributed by atoms with Crippen molar-refractivity contribution in [2.75, 3.05) is 26.7 Å². The first-order valence-electron chi connectivity index (χ1n) is 10.2. The highest BCUT2D eigenvalue weighted by atomic mass is 16.2. The molecule has 1 aromatic carbocycles. The Morgan fingerprint density at radius 2 is 2.03 bits per heavy atom. The van der Waals surface area contributed by atoms with E-state index in [0.717, 1.165) is 17.7 Å². The number of hydrogen-bond donors (Lipinski definition) is 1. The summed E-state index contributed by atoms with van der Waals surface area (Å²) in [7, 11) is 2.06. The number of pyridine rings is 1. The predicted molar refractivity (Wildman–Crippen MR) is 117 cm³/mol. The second-order valence-corrected chi connectivity index (χ2v) is 7.96. The third kappa shape index (κ3) is 3.88. The lowest BCUT2D eigenvalue weighted by Crippen LogP contribution is -2.52. The van der Waals surface area contributed by atoms with Crippen molar-refractivity contribution in [3.63, 3.8) is 0 Å². The molecule has 0 radical (unpaired) electrons. The van der Waals surface area contributed by atoms with Crippen LogP contribution in [-0.4, -0.2) is 63.2 Å². The van der Waals surface area contributed by atoms with Crippen molar-refractivity contribution in [3.8, 4) is 23.0 Å². The van der Waals surface area contributed by atoms with Crippen LogP contribution in [0, 0.1) is 18.3 Å². The summed E-state index contributed by atoms with van der Waals surface area (Å²) in [6.45, 7) is 6.18. The number of aryl methyl sites for hydroxylation is 1. The van der Waals surface area contributed by atoms with Crippen molar-refractivity contribution in [1.82, 2.24) is 24.6 Å². The van der Waals surface area contributed by atoms with Crippen LogP contribution in [0.4, 0.5) is 0 Å². The summed E-state index contributed by atoms with van der Waals surface area (Å²) in [4.78, 5) is 34.2. The second-order valence-electron chi connectivity index (χ2n) is 7.96. The number of nitrogens with one attached hydrogen (secondary N) is 1. The van der Waals surface area contributed by atoms with Crippen molar-refractivity contribution in [2.45, 2.75) is 19.9 Å². The molecule has 8 nitrogen and oxygen atoms in total. The molecule has 1 aliphatic rings. The van der Waals surface area contributed by atoms with Crippen LogP contribution in [-0.2, 0) is 0 Å². The Morgan fingerprint density at radius 1 is 1.23 bits per heavy atom. The van der Waals surface area contributed by atoms with Gasteiger partial charge in [0.1, 0.15) is 0 Å². The first-order chi connectivity index (χ1) is 14.9. The van der Waals surface area contributed by atoms with Gasteiger partial charge in [-0.2, -0.15) is 5.26 Å². The van der Waals surface area contributed by atoms with E-state index in [9.17, 15) is 9.59 Å². The maximum atomic E-state index is 13.0. The smallest absolute Gasteiger partial charge is 0.280 e. The number of carbonyl (C=O) groups excluding carboxylic acids is 1. The van der Waals surface area contributed by atoms with Crippen LogP contribution in [0.25, 0.3) is 16.9 Å². The van der Waals surface area contributed by atoms with E-state index in [1.165, 1.54) is 10.9 Å². The Balaban J connectivity index is 1.57. The number of rotatable bonds is 3. The lowest BCUT2D eigenvalue weighted by molar-refractivity contribution is 0.0572. The molecule has 4 rings (SSSR count). The third-order valence-corrected chi connectivity index (χ3v) is 5.89. The van der Waals surface area contributed by atoms with E-state index in [2.05, 4.69) is 35.0 Å². The van der Waals surface area contributed by atoms with E-state index in [0.29, 0.717) is 41.6 Å². The fourth-order valence-electron chi connectivity index (χ4n) is 3.83. The van der Waals surface area contributed by atoms with Crippen molar-refractivity contribution in [3.05, 3.63) is 69.8 Å². The number of hydrogen-bond acceptors (Lipinski definition) is 5. The van der Waals surface area contributed by atoms with Crippen LogP contribution in [0.3, 0.4) is 0 Å². The Hall–Kier alpha value is -3.70. The molecule has 2 aromatic heterocycles. The maximum Gasteiger partial charge on any atom is 0.280 e. The summed E-state index contributed by atoms with van der Waals surface area (Å²) >= 11 is 0. The number of benzene rings is 1. The average Bonchev–Trinajstić information content (AvgIpc) is 3.16. The number of nitrogens with zero attached hydrogens (tertiary/aromatic N) is 5. The first kappa shape index (κ1) is 20.6. The molecule has 0 saturated carbocycles. The molecule has 3 aromatic rings. The minimum atomic E-state index is -0.243. The highest BCUT2D eigenvalue weighted by molar-refractivity contribution is 5.94. The van der Waals surface area contributed by atoms with Gasteiger partial charge in [-0.25, -0.2) is 9.67 Å². The lowest BCUT2D eigenvalue weighted by atomic mass is 10.0. The summed E-state index contributed by atoms with van der Waals surface area (Å²) in [6.07, 6.45) is 3.14. The van der Waals surface area contributed by atoms with E-state index >= 15 is 0 Å². The first-order valence-corrected chi connectivity index (χ1v) is 10.2. The van der Waals surface area contributed by atoms with E-state index in [-0.39, 0.29) is 11.5 Å². The van der Waals surface area contributed by atoms with Crippen molar-refractivity contribution < 1.29 is 4.79 Å². The number of aromatic nitrogens is 3. The Kier molecular flexibility index (Phi) is 5.44. The number of piperazine rings is 1. The van der Waals surface area contributed by atoms with Gasteiger partial charge in [-0.15, -0.1) is 0 Å². The number of amides is 1. The van der Waals surface area contributed by atoms with Crippen LogP contribution in [0.1, 0.15) is 28.4 Å². The molecule has 31 heavy (non-hydrogen) atoms. The number of H-pyrrole nitrogens is 1. The molecule has 1 amide bonds. The van der Waals surface area contributed by atoms with Gasteiger partial charge in [0, 0.05) is 38.1 Å². The van der Waals surface area contributed by atoms with Gasteiger partial charge in [0.2, 0.25) is 0 Å². The van der Waals surface area contributed by atoms with Crippen molar-refractivity contribution in [2.24, 2.45) is 0 Å². The topological polar surface area (TPSA) is 98.0 Å². The molecule has 0 spiro atoms. The molecule has 1 N–H and O–H groups in total. The van der Waals surface area contributed by atoms with Gasteiger partial charge < -0.3 is 9.80 Å². The molecule has 1 fully saturated rings. The Labute approximate surface area is 180 Å². The zero-order valence-electron chi connectivity index (χ0n) is 17.8. The van der Waals surface area contributed by atoms with Gasteiger partial charge in [0.05, 0.1) is 22.8 Å². The molecule has 1 aliphatic heterocycles. The van der Waals surface area contributed by atoms with Crippen LogP contribution in [0.5, 0.6) is 0 Å². The standard InChI is InChI=1S/C23H24N6O2/c1-15-10-17(11-24)4-6-19(15)20-13-26-29(23(20)31)21-7-5-18(12-25-21)22(30)28-9-8-27(3)16(2)14-28/h4-7,10,12-13,16,26H,8-9,14H2,1-3H3/t16-/m1/s1. The monoisotopic (exact) mass is 416 g/mol. The zero-order chi connectivity index (χ0) is 22.1. The normalized spacial score (nSPS) is 16.8. The molecule has 158 valence electrons. The second kappa shape index (κ2) is 8.20. The van der Waals surface area contributed by atoms with Crippen LogP contribution in [0.15, 0.2) is 47.5 Å². The minimum absolute atomic E-state index is 0.0493. The maximum absolute atomic E-state index is 13.0. The largest absolute Gasteiger partial charge is 0.336 e.